The Morgan fingerprint density at radius 1 is 1.05 bits per heavy atom. The second-order valence-electron chi connectivity index (χ2n) is 8.98. The second-order valence-corrected chi connectivity index (χ2v) is 9.85. The molecule has 0 spiro atoms. The first-order chi connectivity index (χ1) is 18.5. The molecule has 1 amide bonds. The minimum absolute atomic E-state index is 0.105. The lowest BCUT2D eigenvalue weighted by Crippen LogP contribution is -2.40. The molecular formula is C28H26Cl2N4O4. The summed E-state index contributed by atoms with van der Waals surface area (Å²) in [6, 6.07) is 19.7. The lowest BCUT2D eigenvalue weighted by atomic mass is 9.97. The highest BCUT2D eigenvalue weighted by molar-refractivity contribution is 6.31. The van der Waals surface area contributed by atoms with Crippen molar-refractivity contribution in [3.63, 3.8) is 0 Å². The van der Waals surface area contributed by atoms with Gasteiger partial charge in [0.2, 0.25) is 17.6 Å². The molecule has 1 aromatic heterocycles. The largest absolute Gasteiger partial charge is 0.493 e. The van der Waals surface area contributed by atoms with Crippen molar-refractivity contribution in [3.05, 3.63) is 82.7 Å². The number of anilines is 1. The number of aromatic nitrogens is 2. The van der Waals surface area contributed by atoms with Gasteiger partial charge in [-0.25, -0.2) is 0 Å². The van der Waals surface area contributed by atoms with Crippen molar-refractivity contribution in [2.24, 2.45) is 5.92 Å². The van der Waals surface area contributed by atoms with Crippen molar-refractivity contribution in [3.8, 4) is 28.6 Å². The summed E-state index contributed by atoms with van der Waals surface area (Å²) in [5.41, 5.74) is 1.28. The molecule has 38 heavy (non-hydrogen) atoms. The van der Waals surface area contributed by atoms with Crippen LogP contribution < -0.4 is 14.8 Å². The van der Waals surface area contributed by atoms with Crippen molar-refractivity contribution in [1.29, 1.82) is 0 Å². The summed E-state index contributed by atoms with van der Waals surface area (Å²) in [5, 5.41) is 8.19. The Kier molecular flexibility index (Phi) is 8.12. The Balaban J connectivity index is 1.25. The Hall–Kier alpha value is -3.59. The second kappa shape index (κ2) is 11.9. The topological polar surface area (TPSA) is 89.7 Å². The number of hydrogen-bond donors (Lipinski definition) is 1. The first kappa shape index (κ1) is 26.0. The van der Waals surface area contributed by atoms with Gasteiger partial charge in [-0.3, -0.25) is 9.69 Å². The molecule has 4 aromatic rings. The van der Waals surface area contributed by atoms with E-state index in [-0.39, 0.29) is 11.8 Å². The summed E-state index contributed by atoms with van der Waals surface area (Å²) in [4.78, 5) is 20.0. The van der Waals surface area contributed by atoms with Crippen LogP contribution in [0.15, 0.2) is 71.3 Å². The molecule has 1 atom stereocenters. The van der Waals surface area contributed by atoms with Gasteiger partial charge in [0.05, 0.1) is 25.3 Å². The van der Waals surface area contributed by atoms with E-state index in [9.17, 15) is 4.79 Å². The fourth-order valence-corrected chi connectivity index (χ4v) is 4.78. The van der Waals surface area contributed by atoms with E-state index in [1.165, 1.54) is 0 Å². The average molecular weight is 553 g/mol. The van der Waals surface area contributed by atoms with Crippen LogP contribution in [-0.4, -0.2) is 41.1 Å². The minimum Gasteiger partial charge on any atom is -0.493 e. The van der Waals surface area contributed by atoms with Gasteiger partial charge in [0.1, 0.15) is 0 Å². The van der Waals surface area contributed by atoms with Gasteiger partial charge in [-0.15, -0.1) is 0 Å². The Morgan fingerprint density at radius 2 is 1.87 bits per heavy atom. The van der Waals surface area contributed by atoms with E-state index in [2.05, 4.69) is 20.4 Å². The predicted molar refractivity (Wildman–Crippen MR) is 146 cm³/mol. The third-order valence-electron chi connectivity index (χ3n) is 6.27. The lowest BCUT2D eigenvalue weighted by Gasteiger charge is -2.31. The van der Waals surface area contributed by atoms with Gasteiger partial charge in [-0.1, -0.05) is 52.6 Å². The van der Waals surface area contributed by atoms with Crippen LogP contribution in [0, 0.1) is 5.92 Å². The summed E-state index contributed by atoms with van der Waals surface area (Å²) < 4.78 is 16.9. The molecule has 1 aliphatic rings. The van der Waals surface area contributed by atoms with Crippen molar-refractivity contribution in [2.75, 3.05) is 25.5 Å². The number of nitrogens with one attached hydrogen (secondary N) is 1. The molecule has 1 saturated heterocycles. The van der Waals surface area contributed by atoms with Crippen LogP contribution >= 0.6 is 23.2 Å². The van der Waals surface area contributed by atoms with Crippen molar-refractivity contribution in [1.82, 2.24) is 15.0 Å². The van der Waals surface area contributed by atoms with Gasteiger partial charge < -0.3 is 19.3 Å². The Morgan fingerprint density at radius 3 is 2.68 bits per heavy atom. The van der Waals surface area contributed by atoms with E-state index in [0.717, 1.165) is 24.9 Å². The van der Waals surface area contributed by atoms with Crippen LogP contribution in [0.3, 0.4) is 0 Å². The molecule has 0 aliphatic carbocycles. The number of halogens is 2. The predicted octanol–water partition coefficient (Wildman–Crippen LogP) is 6.70. The number of hydrogen-bond acceptors (Lipinski definition) is 7. The molecule has 1 aliphatic heterocycles. The smallest absolute Gasteiger partial charge is 0.241 e. The molecule has 0 saturated carbocycles. The number of amides is 1. The summed E-state index contributed by atoms with van der Waals surface area (Å²) in [7, 11) is 1.58. The minimum atomic E-state index is -0.225. The molecule has 0 bridgehead atoms. The van der Waals surface area contributed by atoms with Crippen LogP contribution in [-0.2, 0) is 11.3 Å². The number of carbonyl (C=O) groups is 1. The van der Waals surface area contributed by atoms with Gasteiger partial charge in [-0.2, -0.15) is 4.98 Å². The number of para-hydroxylation sites is 2. The summed E-state index contributed by atoms with van der Waals surface area (Å²) in [6.07, 6.45) is 1.64. The lowest BCUT2D eigenvalue weighted by molar-refractivity contribution is -0.121. The van der Waals surface area contributed by atoms with Crippen LogP contribution in [0.25, 0.3) is 11.4 Å². The molecule has 2 heterocycles. The first-order valence-electron chi connectivity index (χ1n) is 12.2. The molecule has 0 radical (unpaired) electrons. The zero-order valence-corrected chi connectivity index (χ0v) is 22.2. The van der Waals surface area contributed by atoms with Gasteiger partial charge in [0.15, 0.2) is 17.2 Å². The highest BCUT2D eigenvalue weighted by atomic mass is 35.5. The highest BCUT2D eigenvalue weighted by Crippen LogP contribution is 2.37. The highest BCUT2D eigenvalue weighted by Gasteiger charge is 2.28. The summed E-state index contributed by atoms with van der Waals surface area (Å²) in [5.74, 6) is 2.24. The third-order valence-corrected chi connectivity index (χ3v) is 6.74. The van der Waals surface area contributed by atoms with E-state index in [1.54, 1.807) is 43.5 Å². The van der Waals surface area contributed by atoms with Crippen molar-refractivity contribution >= 4 is 34.8 Å². The zero-order chi connectivity index (χ0) is 26.5. The Labute approximate surface area is 230 Å². The van der Waals surface area contributed by atoms with E-state index in [4.69, 9.17) is 37.2 Å². The van der Waals surface area contributed by atoms with Gasteiger partial charge >= 0.3 is 0 Å². The average Bonchev–Trinajstić information content (AvgIpc) is 3.39. The van der Waals surface area contributed by atoms with Gasteiger partial charge in [0.25, 0.3) is 0 Å². The molecule has 196 valence electrons. The zero-order valence-electron chi connectivity index (χ0n) is 20.7. The van der Waals surface area contributed by atoms with E-state index < -0.39 is 0 Å². The van der Waals surface area contributed by atoms with Crippen molar-refractivity contribution < 1.29 is 18.8 Å². The number of methoxy groups -OCH3 is 1. The quantitative estimate of drug-likeness (QED) is 0.260. The molecule has 8 nitrogen and oxygen atoms in total. The SMILES string of the molecule is COc1ccccc1Oc1ccc(Cl)cc1NC(=O)C1CCCN(Cc2nc(-c3cccc(Cl)c3)no2)C1. The van der Waals surface area contributed by atoms with Crippen molar-refractivity contribution in [2.45, 2.75) is 19.4 Å². The van der Waals surface area contributed by atoms with E-state index >= 15 is 0 Å². The number of rotatable bonds is 8. The summed E-state index contributed by atoms with van der Waals surface area (Å²) in [6.45, 7) is 1.85. The van der Waals surface area contributed by atoms with E-state index in [1.807, 2.05) is 30.3 Å². The number of benzene rings is 3. The maximum Gasteiger partial charge on any atom is 0.241 e. The van der Waals surface area contributed by atoms with Gasteiger partial charge in [0, 0.05) is 22.2 Å². The monoisotopic (exact) mass is 552 g/mol. The van der Waals surface area contributed by atoms with Crippen LogP contribution in [0.2, 0.25) is 10.0 Å². The maximum atomic E-state index is 13.3. The normalized spacial score (nSPS) is 15.7. The van der Waals surface area contributed by atoms with Crippen LogP contribution in [0.5, 0.6) is 17.2 Å². The third kappa shape index (κ3) is 6.27. The number of likely N-dealkylation sites (tertiary alicyclic amines) is 1. The fourth-order valence-electron chi connectivity index (χ4n) is 4.41. The maximum absolute atomic E-state index is 13.3. The van der Waals surface area contributed by atoms with Crippen LogP contribution in [0.4, 0.5) is 5.69 Å². The number of nitrogens with zero attached hydrogens (tertiary/aromatic N) is 3. The van der Waals surface area contributed by atoms with Gasteiger partial charge in [-0.05, 0) is 61.9 Å². The number of piperidine rings is 1. The summed E-state index contributed by atoms with van der Waals surface area (Å²) >= 11 is 12.3. The Bertz CT molecular complexity index is 1430. The van der Waals surface area contributed by atoms with E-state index in [0.29, 0.717) is 57.8 Å². The molecule has 3 aromatic carbocycles. The molecule has 1 unspecified atom stereocenters. The fraction of sp³-hybridized carbons (Fsp3) is 0.250. The standard InChI is InChI=1S/C28H26Cl2N4O4/c1-36-24-9-2-3-10-25(24)37-23-12-11-21(30)15-22(23)31-28(35)19-7-5-13-34(16-19)17-26-32-27(33-38-26)18-6-4-8-20(29)14-18/h2-4,6,8-12,14-15,19H,5,7,13,16-17H2,1H3,(H,31,35). The molecular weight excluding hydrogens is 527 g/mol. The molecule has 10 heteroatoms. The molecule has 1 fully saturated rings. The van der Waals surface area contributed by atoms with Crippen LogP contribution in [0.1, 0.15) is 18.7 Å². The molecule has 5 rings (SSSR count). The number of carbonyl (C=O) groups excluding carboxylic acids is 1. The molecule has 1 N–H and O–H groups in total. The first-order valence-corrected chi connectivity index (χ1v) is 13.0. The number of ether oxygens (including phenoxy) is 2.